The first-order valence-corrected chi connectivity index (χ1v) is 8.23. The summed E-state index contributed by atoms with van der Waals surface area (Å²) in [5, 5.41) is 6.28. The summed E-state index contributed by atoms with van der Waals surface area (Å²) in [6.07, 6.45) is 3.96. The van der Waals surface area contributed by atoms with Crippen molar-refractivity contribution in [1.82, 2.24) is 10.6 Å². The molecule has 0 aliphatic rings. The minimum atomic E-state index is -0.234. The van der Waals surface area contributed by atoms with Gasteiger partial charge < -0.3 is 5.32 Å². The molecule has 2 N–H and O–H groups in total. The van der Waals surface area contributed by atoms with Crippen LogP contribution in [0.2, 0.25) is 0 Å². The average molecular weight is 302 g/mol. The van der Waals surface area contributed by atoms with Gasteiger partial charge in [-0.25, -0.2) is 0 Å². The Morgan fingerprint density at radius 1 is 1.23 bits per heavy atom. The van der Waals surface area contributed by atoms with Crippen molar-refractivity contribution in [1.29, 1.82) is 0 Å². The lowest BCUT2D eigenvalue weighted by atomic mass is 9.94. The lowest BCUT2D eigenvalue weighted by Crippen LogP contribution is -2.44. The van der Waals surface area contributed by atoms with Crippen LogP contribution in [0.4, 0.5) is 0 Å². The molecule has 3 heteroatoms. The lowest BCUT2D eigenvalue weighted by Gasteiger charge is -2.26. The molecule has 0 heterocycles. The Kier molecular flexibility index (Phi) is 7.89. The number of carbonyl (C=O) groups is 1. The zero-order valence-electron chi connectivity index (χ0n) is 14.4. The first-order valence-electron chi connectivity index (χ1n) is 8.23. The largest absolute Gasteiger partial charge is 0.351 e. The van der Waals surface area contributed by atoms with Crippen LogP contribution in [0.3, 0.4) is 0 Å². The fraction of sp³-hybridized carbons (Fsp3) is 0.526. The third kappa shape index (κ3) is 5.64. The van der Waals surface area contributed by atoms with Crippen molar-refractivity contribution in [2.75, 3.05) is 6.54 Å². The molecule has 2 atom stereocenters. The van der Waals surface area contributed by atoms with Crippen molar-refractivity contribution in [2.24, 2.45) is 5.92 Å². The number of hydrogen-bond acceptors (Lipinski definition) is 2. The van der Waals surface area contributed by atoms with Gasteiger partial charge in [0.15, 0.2) is 0 Å². The summed E-state index contributed by atoms with van der Waals surface area (Å²) >= 11 is 0. The summed E-state index contributed by atoms with van der Waals surface area (Å²) in [5.41, 5.74) is 2.60. The maximum Gasteiger partial charge on any atom is 0.237 e. The van der Waals surface area contributed by atoms with Gasteiger partial charge >= 0.3 is 0 Å². The van der Waals surface area contributed by atoms with E-state index in [1.807, 2.05) is 6.92 Å². The number of benzene rings is 1. The molecule has 0 aliphatic carbocycles. The van der Waals surface area contributed by atoms with E-state index >= 15 is 0 Å². The zero-order valence-corrected chi connectivity index (χ0v) is 14.4. The molecule has 0 fully saturated rings. The molecular weight excluding hydrogens is 272 g/mol. The molecular formula is C19H30N2O. The molecule has 2 unspecified atom stereocenters. The van der Waals surface area contributed by atoms with Gasteiger partial charge in [0.2, 0.25) is 5.91 Å². The standard InChI is InChI=1S/C19H30N2O/c1-6-8-16-9-11-17(12-10-16)18(14(3)4)21-15(5)19(22)20-13-7-2/h7,9-12,14-15,18,21H,2,6,8,13H2,1,3-5H3,(H,20,22). The minimum absolute atomic E-state index is 0.00755. The molecule has 0 radical (unpaired) electrons. The van der Waals surface area contributed by atoms with Crippen LogP contribution in [0.1, 0.15) is 51.3 Å². The zero-order chi connectivity index (χ0) is 16.5. The number of aryl methyl sites for hydroxylation is 1. The third-order valence-corrected chi connectivity index (χ3v) is 3.79. The number of hydrogen-bond donors (Lipinski definition) is 2. The maximum absolute atomic E-state index is 12.0. The number of carbonyl (C=O) groups excluding carboxylic acids is 1. The van der Waals surface area contributed by atoms with Crippen LogP contribution in [0.25, 0.3) is 0 Å². The smallest absolute Gasteiger partial charge is 0.237 e. The van der Waals surface area contributed by atoms with Crippen LogP contribution in [0, 0.1) is 5.92 Å². The van der Waals surface area contributed by atoms with Crippen molar-refractivity contribution in [3.8, 4) is 0 Å². The van der Waals surface area contributed by atoms with E-state index in [0.717, 1.165) is 12.8 Å². The molecule has 1 amide bonds. The van der Waals surface area contributed by atoms with E-state index in [4.69, 9.17) is 0 Å². The topological polar surface area (TPSA) is 41.1 Å². The molecule has 0 bridgehead atoms. The van der Waals surface area contributed by atoms with Crippen molar-refractivity contribution < 1.29 is 4.79 Å². The van der Waals surface area contributed by atoms with Gasteiger partial charge in [-0.1, -0.05) is 57.5 Å². The quantitative estimate of drug-likeness (QED) is 0.684. The van der Waals surface area contributed by atoms with E-state index in [1.165, 1.54) is 11.1 Å². The van der Waals surface area contributed by atoms with Crippen LogP contribution >= 0.6 is 0 Å². The van der Waals surface area contributed by atoms with Crippen molar-refractivity contribution in [3.05, 3.63) is 48.0 Å². The monoisotopic (exact) mass is 302 g/mol. The Labute approximate surface area is 135 Å². The number of amides is 1. The van der Waals surface area contributed by atoms with E-state index in [9.17, 15) is 4.79 Å². The second kappa shape index (κ2) is 9.42. The summed E-state index contributed by atoms with van der Waals surface area (Å²) in [5.74, 6) is 0.417. The fourth-order valence-electron chi connectivity index (χ4n) is 2.52. The van der Waals surface area contributed by atoms with Crippen molar-refractivity contribution in [2.45, 2.75) is 52.6 Å². The van der Waals surface area contributed by atoms with Gasteiger partial charge in [-0.2, -0.15) is 0 Å². The summed E-state index contributed by atoms with van der Waals surface area (Å²) < 4.78 is 0. The van der Waals surface area contributed by atoms with E-state index in [0.29, 0.717) is 12.5 Å². The van der Waals surface area contributed by atoms with Crippen LogP contribution < -0.4 is 10.6 Å². The molecule has 3 nitrogen and oxygen atoms in total. The summed E-state index contributed by atoms with van der Waals surface area (Å²) in [7, 11) is 0. The van der Waals surface area contributed by atoms with E-state index < -0.39 is 0 Å². The summed E-state index contributed by atoms with van der Waals surface area (Å²) in [4.78, 5) is 12.0. The number of nitrogens with one attached hydrogen (secondary N) is 2. The Morgan fingerprint density at radius 2 is 1.86 bits per heavy atom. The van der Waals surface area contributed by atoms with Crippen LogP contribution in [0.5, 0.6) is 0 Å². The van der Waals surface area contributed by atoms with Gasteiger partial charge in [0.05, 0.1) is 6.04 Å². The highest BCUT2D eigenvalue weighted by Gasteiger charge is 2.21. The molecule has 1 aromatic carbocycles. The molecule has 122 valence electrons. The molecule has 0 aromatic heterocycles. The first kappa shape index (κ1) is 18.4. The first-order chi connectivity index (χ1) is 10.5. The van der Waals surface area contributed by atoms with Crippen molar-refractivity contribution in [3.63, 3.8) is 0 Å². The number of rotatable bonds is 9. The van der Waals surface area contributed by atoms with E-state index in [-0.39, 0.29) is 18.0 Å². The van der Waals surface area contributed by atoms with Crippen LogP contribution in [0.15, 0.2) is 36.9 Å². The minimum Gasteiger partial charge on any atom is -0.351 e. The summed E-state index contributed by atoms with van der Waals surface area (Å²) in [6, 6.07) is 8.67. The normalized spacial score (nSPS) is 13.7. The molecule has 0 saturated heterocycles. The van der Waals surface area contributed by atoms with Crippen LogP contribution in [-0.4, -0.2) is 18.5 Å². The van der Waals surface area contributed by atoms with E-state index in [2.05, 4.69) is 62.2 Å². The highest BCUT2D eigenvalue weighted by atomic mass is 16.2. The second-order valence-corrected chi connectivity index (χ2v) is 6.14. The maximum atomic E-state index is 12.0. The molecule has 0 aliphatic heterocycles. The van der Waals surface area contributed by atoms with Gasteiger partial charge in [0.1, 0.15) is 0 Å². The summed E-state index contributed by atoms with van der Waals surface area (Å²) in [6.45, 7) is 12.6. The molecule has 1 aromatic rings. The lowest BCUT2D eigenvalue weighted by molar-refractivity contribution is -0.122. The second-order valence-electron chi connectivity index (χ2n) is 6.14. The highest BCUT2D eigenvalue weighted by Crippen LogP contribution is 2.23. The van der Waals surface area contributed by atoms with Crippen molar-refractivity contribution >= 4 is 5.91 Å². The molecule has 1 rings (SSSR count). The van der Waals surface area contributed by atoms with Gasteiger partial charge in [-0.15, -0.1) is 6.58 Å². The van der Waals surface area contributed by atoms with E-state index in [1.54, 1.807) is 6.08 Å². The molecule has 22 heavy (non-hydrogen) atoms. The predicted octanol–water partition coefficient (Wildman–Crippen LogP) is 3.62. The Balaban J connectivity index is 2.76. The van der Waals surface area contributed by atoms with Gasteiger partial charge in [-0.05, 0) is 30.4 Å². The Bertz CT molecular complexity index is 465. The van der Waals surface area contributed by atoms with Crippen LogP contribution in [-0.2, 0) is 11.2 Å². The molecule has 0 saturated carbocycles. The van der Waals surface area contributed by atoms with Gasteiger partial charge in [0.25, 0.3) is 0 Å². The Morgan fingerprint density at radius 3 is 2.36 bits per heavy atom. The predicted molar refractivity (Wildman–Crippen MR) is 93.8 cm³/mol. The Hall–Kier alpha value is -1.61. The SMILES string of the molecule is C=CCNC(=O)C(C)NC(c1ccc(CCC)cc1)C(C)C. The fourth-order valence-corrected chi connectivity index (χ4v) is 2.52. The highest BCUT2D eigenvalue weighted by molar-refractivity contribution is 5.81. The molecule has 0 spiro atoms. The van der Waals surface area contributed by atoms with Gasteiger partial charge in [-0.3, -0.25) is 10.1 Å². The van der Waals surface area contributed by atoms with Gasteiger partial charge in [0, 0.05) is 12.6 Å². The third-order valence-electron chi connectivity index (χ3n) is 3.79. The average Bonchev–Trinajstić information content (AvgIpc) is 2.51.